The number of carbonyl (C=O) groups is 1. The van der Waals surface area contributed by atoms with Gasteiger partial charge in [0.05, 0.1) is 18.8 Å². The fourth-order valence-corrected chi connectivity index (χ4v) is 1.89. The predicted molar refractivity (Wildman–Crippen MR) is 74.0 cm³/mol. The Kier molecular flexibility index (Phi) is 3.83. The fraction of sp³-hybridized carbons (Fsp3) is 0.267. The van der Waals surface area contributed by atoms with Gasteiger partial charge in [0.1, 0.15) is 0 Å². The van der Waals surface area contributed by atoms with Crippen LogP contribution in [0.5, 0.6) is 0 Å². The standard InChI is InChI=1S/C15H17NO3/c1-15(9-17,10-18)16-14(19)13-8-4-6-11-5-2-3-7-12(11)13/h2-8,17-18H,9-10H2,1H3,(H,16,19). The van der Waals surface area contributed by atoms with Crippen LogP contribution in [-0.2, 0) is 0 Å². The largest absolute Gasteiger partial charge is 0.394 e. The van der Waals surface area contributed by atoms with Crippen LogP contribution in [0.15, 0.2) is 42.5 Å². The van der Waals surface area contributed by atoms with Crippen molar-refractivity contribution >= 4 is 16.7 Å². The minimum absolute atomic E-state index is 0.303. The highest BCUT2D eigenvalue weighted by Gasteiger charge is 2.25. The molecule has 0 aliphatic heterocycles. The van der Waals surface area contributed by atoms with Crippen LogP contribution in [-0.4, -0.2) is 34.9 Å². The summed E-state index contributed by atoms with van der Waals surface area (Å²) in [6.45, 7) is 0.954. The van der Waals surface area contributed by atoms with Gasteiger partial charge in [-0.1, -0.05) is 36.4 Å². The van der Waals surface area contributed by atoms with E-state index in [1.807, 2.05) is 36.4 Å². The number of aliphatic hydroxyl groups excluding tert-OH is 2. The average Bonchev–Trinajstić information content (AvgIpc) is 2.46. The Bertz CT molecular complexity index is 585. The molecule has 2 rings (SSSR count). The summed E-state index contributed by atoms with van der Waals surface area (Å²) in [4.78, 5) is 12.3. The lowest BCUT2D eigenvalue weighted by molar-refractivity contribution is 0.0725. The van der Waals surface area contributed by atoms with Crippen LogP contribution in [0, 0.1) is 0 Å². The Hall–Kier alpha value is -1.91. The van der Waals surface area contributed by atoms with E-state index in [9.17, 15) is 15.0 Å². The molecule has 0 aliphatic carbocycles. The molecule has 0 spiro atoms. The molecular weight excluding hydrogens is 242 g/mol. The molecule has 4 heteroatoms. The third-order valence-corrected chi connectivity index (χ3v) is 3.15. The molecule has 3 N–H and O–H groups in total. The Balaban J connectivity index is 2.37. The molecule has 0 heterocycles. The van der Waals surface area contributed by atoms with Gasteiger partial charge in [-0.05, 0) is 23.8 Å². The van der Waals surface area contributed by atoms with Crippen molar-refractivity contribution < 1.29 is 15.0 Å². The SMILES string of the molecule is CC(CO)(CO)NC(=O)c1cccc2ccccc12. The van der Waals surface area contributed by atoms with Gasteiger partial charge in [0.25, 0.3) is 5.91 Å². The molecule has 2 aromatic carbocycles. The summed E-state index contributed by atoms with van der Waals surface area (Å²) in [6.07, 6.45) is 0. The van der Waals surface area contributed by atoms with Crippen molar-refractivity contribution in [3.05, 3.63) is 48.0 Å². The fourth-order valence-electron chi connectivity index (χ4n) is 1.89. The van der Waals surface area contributed by atoms with E-state index in [1.165, 1.54) is 0 Å². The zero-order valence-corrected chi connectivity index (χ0v) is 10.8. The van der Waals surface area contributed by atoms with Crippen LogP contribution in [0.1, 0.15) is 17.3 Å². The molecule has 0 unspecified atom stereocenters. The number of fused-ring (bicyclic) bond motifs is 1. The molecule has 0 bridgehead atoms. The Morgan fingerprint density at radius 2 is 1.74 bits per heavy atom. The number of amides is 1. The van der Waals surface area contributed by atoms with Crippen LogP contribution in [0.2, 0.25) is 0 Å². The van der Waals surface area contributed by atoms with Gasteiger partial charge in [0.2, 0.25) is 0 Å². The first kappa shape index (κ1) is 13.5. The Morgan fingerprint density at radius 3 is 2.42 bits per heavy atom. The number of carbonyl (C=O) groups excluding carboxylic acids is 1. The van der Waals surface area contributed by atoms with Gasteiger partial charge in [-0.3, -0.25) is 4.79 Å². The number of aliphatic hydroxyl groups is 2. The lowest BCUT2D eigenvalue weighted by Gasteiger charge is -2.26. The second-order valence-corrected chi connectivity index (χ2v) is 4.86. The summed E-state index contributed by atoms with van der Waals surface area (Å²) >= 11 is 0. The molecule has 0 saturated heterocycles. The highest BCUT2D eigenvalue weighted by Crippen LogP contribution is 2.19. The molecule has 100 valence electrons. The van der Waals surface area contributed by atoms with E-state index in [0.29, 0.717) is 5.56 Å². The molecule has 0 fully saturated rings. The second-order valence-electron chi connectivity index (χ2n) is 4.86. The number of nitrogens with one attached hydrogen (secondary N) is 1. The normalized spacial score (nSPS) is 11.5. The quantitative estimate of drug-likeness (QED) is 0.775. The Labute approximate surface area is 111 Å². The van der Waals surface area contributed by atoms with E-state index < -0.39 is 5.54 Å². The van der Waals surface area contributed by atoms with Gasteiger partial charge in [0, 0.05) is 5.56 Å². The molecule has 0 atom stereocenters. The zero-order valence-electron chi connectivity index (χ0n) is 10.8. The average molecular weight is 259 g/mol. The van der Waals surface area contributed by atoms with Gasteiger partial charge in [0.15, 0.2) is 0 Å². The van der Waals surface area contributed by atoms with Gasteiger partial charge < -0.3 is 15.5 Å². The van der Waals surface area contributed by atoms with E-state index in [-0.39, 0.29) is 19.1 Å². The molecule has 0 aliphatic rings. The molecule has 2 aromatic rings. The topological polar surface area (TPSA) is 69.6 Å². The van der Waals surface area contributed by atoms with Crippen molar-refractivity contribution in [3.8, 4) is 0 Å². The van der Waals surface area contributed by atoms with Crippen molar-refractivity contribution in [2.45, 2.75) is 12.5 Å². The number of hydrogen-bond donors (Lipinski definition) is 3. The molecular formula is C15H17NO3. The highest BCUT2D eigenvalue weighted by atomic mass is 16.3. The van der Waals surface area contributed by atoms with Crippen molar-refractivity contribution in [3.63, 3.8) is 0 Å². The van der Waals surface area contributed by atoms with E-state index >= 15 is 0 Å². The van der Waals surface area contributed by atoms with Crippen LogP contribution < -0.4 is 5.32 Å². The lowest BCUT2D eigenvalue weighted by atomic mass is 10.0. The third kappa shape index (κ3) is 2.75. The van der Waals surface area contributed by atoms with Crippen molar-refractivity contribution in [1.82, 2.24) is 5.32 Å². The highest BCUT2D eigenvalue weighted by molar-refractivity contribution is 6.07. The lowest BCUT2D eigenvalue weighted by Crippen LogP contribution is -2.51. The smallest absolute Gasteiger partial charge is 0.252 e. The van der Waals surface area contributed by atoms with E-state index in [1.54, 1.807) is 13.0 Å². The summed E-state index contributed by atoms with van der Waals surface area (Å²) in [6, 6.07) is 13.1. The first-order valence-corrected chi connectivity index (χ1v) is 6.12. The van der Waals surface area contributed by atoms with Gasteiger partial charge in [-0.2, -0.15) is 0 Å². The summed E-state index contributed by atoms with van der Waals surface area (Å²) in [7, 11) is 0. The van der Waals surface area contributed by atoms with Gasteiger partial charge in [-0.15, -0.1) is 0 Å². The number of hydrogen-bond acceptors (Lipinski definition) is 3. The molecule has 0 saturated carbocycles. The summed E-state index contributed by atoms with van der Waals surface area (Å²) < 4.78 is 0. The second kappa shape index (κ2) is 5.38. The number of rotatable bonds is 4. The minimum Gasteiger partial charge on any atom is -0.394 e. The maximum absolute atomic E-state index is 12.3. The minimum atomic E-state index is -1.02. The molecule has 0 radical (unpaired) electrons. The van der Waals surface area contributed by atoms with Crippen LogP contribution in [0.25, 0.3) is 10.8 Å². The summed E-state index contributed by atoms with van der Waals surface area (Å²) in [5.41, 5.74) is -0.486. The van der Waals surface area contributed by atoms with E-state index in [0.717, 1.165) is 10.8 Å². The maximum atomic E-state index is 12.3. The summed E-state index contributed by atoms with van der Waals surface area (Å²) in [5, 5.41) is 22.9. The molecule has 4 nitrogen and oxygen atoms in total. The van der Waals surface area contributed by atoms with Crippen molar-refractivity contribution in [2.24, 2.45) is 0 Å². The predicted octanol–water partition coefficient (Wildman–Crippen LogP) is 1.31. The molecule has 0 aromatic heterocycles. The molecule has 1 amide bonds. The van der Waals surface area contributed by atoms with Crippen molar-refractivity contribution in [1.29, 1.82) is 0 Å². The van der Waals surface area contributed by atoms with Crippen LogP contribution in [0.3, 0.4) is 0 Å². The van der Waals surface area contributed by atoms with Crippen LogP contribution >= 0.6 is 0 Å². The van der Waals surface area contributed by atoms with Gasteiger partial charge >= 0.3 is 0 Å². The summed E-state index contributed by atoms with van der Waals surface area (Å²) in [5.74, 6) is -0.303. The van der Waals surface area contributed by atoms with E-state index in [4.69, 9.17) is 0 Å². The Morgan fingerprint density at radius 1 is 1.11 bits per heavy atom. The maximum Gasteiger partial charge on any atom is 0.252 e. The monoisotopic (exact) mass is 259 g/mol. The zero-order chi connectivity index (χ0) is 13.9. The van der Waals surface area contributed by atoms with Crippen LogP contribution in [0.4, 0.5) is 0 Å². The first-order valence-electron chi connectivity index (χ1n) is 6.12. The number of benzene rings is 2. The van der Waals surface area contributed by atoms with Gasteiger partial charge in [-0.25, -0.2) is 0 Å². The van der Waals surface area contributed by atoms with Crippen molar-refractivity contribution in [2.75, 3.05) is 13.2 Å². The van der Waals surface area contributed by atoms with E-state index in [2.05, 4.69) is 5.32 Å². The first-order chi connectivity index (χ1) is 9.09. The molecule has 19 heavy (non-hydrogen) atoms. The third-order valence-electron chi connectivity index (χ3n) is 3.15.